The molecule has 60 heavy (non-hydrogen) atoms. The van der Waals surface area contributed by atoms with E-state index in [2.05, 4.69) is 229 Å². The Morgan fingerprint density at radius 3 is 1.77 bits per heavy atom. The molecule has 0 amide bonds. The van der Waals surface area contributed by atoms with Gasteiger partial charge in [-0.3, -0.25) is 0 Å². The molecule has 12 rings (SSSR count). The van der Waals surface area contributed by atoms with Crippen LogP contribution in [0, 0.1) is 0 Å². The molecule has 2 aromatic heterocycles. The van der Waals surface area contributed by atoms with E-state index in [0.717, 1.165) is 12.8 Å². The largest absolute Gasteiger partial charge is 0.310 e. The van der Waals surface area contributed by atoms with Crippen molar-refractivity contribution in [3.05, 3.63) is 223 Å². The predicted molar refractivity (Wildman–Crippen MR) is 256 cm³/mol. The average molecular weight is 785 g/mol. The van der Waals surface area contributed by atoms with Crippen molar-refractivity contribution in [3.63, 3.8) is 0 Å². The lowest BCUT2D eigenvalue weighted by atomic mass is 9.82. The highest BCUT2D eigenvalue weighted by molar-refractivity contribution is 7.20. The lowest BCUT2D eigenvalue weighted by Gasteiger charge is -2.34. The van der Waals surface area contributed by atoms with E-state index in [0.29, 0.717) is 0 Å². The smallest absolute Gasteiger partial charge is 0.179 e. The lowest BCUT2D eigenvalue weighted by Crippen LogP contribution is -2.74. The number of allylic oxidation sites excluding steroid dienone is 1. The van der Waals surface area contributed by atoms with Gasteiger partial charge in [-0.2, -0.15) is 0 Å². The Bertz CT molecular complexity index is 3270. The second-order valence-electron chi connectivity index (χ2n) is 17.2. The van der Waals surface area contributed by atoms with Crippen LogP contribution in [0.4, 0.5) is 0 Å². The summed E-state index contributed by atoms with van der Waals surface area (Å²) < 4.78 is 4.99. The van der Waals surface area contributed by atoms with Gasteiger partial charge in [0.15, 0.2) is 8.07 Å². The Kier molecular flexibility index (Phi) is 7.76. The van der Waals surface area contributed by atoms with Crippen LogP contribution in [0.15, 0.2) is 200 Å². The van der Waals surface area contributed by atoms with Crippen molar-refractivity contribution in [3.8, 4) is 22.5 Å². The number of aryl methyl sites for hydroxylation is 1. The first-order valence-corrected chi connectivity index (χ1v) is 23.3. The average Bonchev–Trinajstić information content (AvgIpc) is 3.90. The molecule has 10 aromatic rings. The topological polar surface area (TPSA) is 9.86 Å². The first-order valence-electron chi connectivity index (χ1n) is 21.3. The van der Waals surface area contributed by atoms with Crippen molar-refractivity contribution >= 4 is 67.6 Å². The first kappa shape index (κ1) is 35.0. The van der Waals surface area contributed by atoms with Gasteiger partial charge in [0.05, 0.1) is 16.6 Å². The second-order valence-corrected chi connectivity index (χ2v) is 21.0. The van der Waals surface area contributed by atoms with Gasteiger partial charge >= 0.3 is 0 Å². The Hall–Kier alpha value is -6.94. The first-order chi connectivity index (χ1) is 29.5. The standard InChI is InChI=1S/C57H44N2Si/c1-57(2)51-27-15-12-24-45(51)49-38-56-50(37-52(49)57)47-26-14-17-29-54(47)59(56)40-30-32-43(33-31-40)60(41-20-8-4-9-21-41,42-22-10-5-11-23-42)44-34-35-48-46-25-13-16-28-53(46)58(55(48)36-44)39-18-6-3-7-19-39/h3-13,15-25,27-38H,14,26H2,1-2H3. The number of rotatable bonds is 6. The minimum Gasteiger partial charge on any atom is -0.310 e. The van der Waals surface area contributed by atoms with E-state index in [4.69, 9.17) is 0 Å². The molecule has 0 N–H and O–H groups in total. The van der Waals surface area contributed by atoms with Gasteiger partial charge in [-0.05, 0) is 116 Å². The molecule has 0 aliphatic heterocycles. The van der Waals surface area contributed by atoms with Crippen LogP contribution >= 0.6 is 0 Å². The maximum Gasteiger partial charge on any atom is 0.179 e. The van der Waals surface area contributed by atoms with Crippen molar-refractivity contribution in [2.45, 2.75) is 32.1 Å². The number of para-hydroxylation sites is 2. The summed E-state index contributed by atoms with van der Waals surface area (Å²) in [4.78, 5) is 0. The lowest BCUT2D eigenvalue weighted by molar-refractivity contribution is 0.661. The molecule has 0 atom stereocenters. The van der Waals surface area contributed by atoms with E-state index in [1.165, 1.54) is 98.3 Å². The van der Waals surface area contributed by atoms with Crippen LogP contribution < -0.4 is 20.7 Å². The van der Waals surface area contributed by atoms with Crippen LogP contribution in [0.5, 0.6) is 0 Å². The van der Waals surface area contributed by atoms with Crippen LogP contribution in [0.1, 0.15) is 42.7 Å². The minimum absolute atomic E-state index is 0.0391. The molecule has 0 radical (unpaired) electrons. The van der Waals surface area contributed by atoms with E-state index in [1.54, 1.807) is 0 Å². The van der Waals surface area contributed by atoms with E-state index >= 15 is 0 Å². The van der Waals surface area contributed by atoms with Gasteiger partial charge in [0, 0.05) is 38.6 Å². The van der Waals surface area contributed by atoms with Gasteiger partial charge in [0.25, 0.3) is 0 Å². The number of hydrogen-bond donors (Lipinski definition) is 0. The fourth-order valence-corrected chi connectivity index (χ4v) is 15.7. The van der Waals surface area contributed by atoms with Gasteiger partial charge in [-0.1, -0.05) is 166 Å². The summed E-state index contributed by atoms with van der Waals surface area (Å²) in [6.45, 7) is 4.78. The molecular formula is C57H44N2Si. The molecule has 286 valence electrons. The minimum atomic E-state index is -2.89. The van der Waals surface area contributed by atoms with Crippen LogP contribution in [0.25, 0.3) is 61.3 Å². The Balaban J connectivity index is 1.11. The summed E-state index contributed by atoms with van der Waals surface area (Å²) in [7, 11) is -2.89. The molecule has 3 heteroatoms. The molecule has 2 nitrogen and oxygen atoms in total. The number of aromatic nitrogens is 2. The summed E-state index contributed by atoms with van der Waals surface area (Å²) in [6.07, 6.45) is 6.85. The third kappa shape index (κ3) is 4.93. The molecule has 2 aliphatic rings. The van der Waals surface area contributed by atoms with Crippen molar-refractivity contribution in [1.29, 1.82) is 0 Å². The number of fused-ring (bicyclic) bond motifs is 9. The van der Waals surface area contributed by atoms with Gasteiger partial charge in [-0.15, -0.1) is 0 Å². The highest BCUT2D eigenvalue weighted by Crippen LogP contribution is 2.51. The molecule has 0 bridgehead atoms. The van der Waals surface area contributed by atoms with Crippen LogP contribution in [-0.4, -0.2) is 17.2 Å². The normalized spacial score (nSPS) is 14.1. The Morgan fingerprint density at radius 1 is 0.433 bits per heavy atom. The molecule has 2 aliphatic carbocycles. The van der Waals surface area contributed by atoms with E-state index in [-0.39, 0.29) is 5.41 Å². The molecule has 0 fully saturated rings. The van der Waals surface area contributed by atoms with Crippen LogP contribution in [0.3, 0.4) is 0 Å². The van der Waals surface area contributed by atoms with Gasteiger partial charge in [0.1, 0.15) is 0 Å². The zero-order chi connectivity index (χ0) is 40.0. The summed E-state index contributed by atoms with van der Waals surface area (Å²) in [5.41, 5.74) is 14.4. The predicted octanol–water partition coefficient (Wildman–Crippen LogP) is 11.4. The highest BCUT2D eigenvalue weighted by Gasteiger charge is 2.42. The third-order valence-electron chi connectivity index (χ3n) is 13.7. The van der Waals surface area contributed by atoms with Crippen molar-refractivity contribution in [2.24, 2.45) is 0 Å². The van der Waals surface area contributed by atoms with Gasteiger partial charge < -0.3 is 9.13 Å². The summed E-state index contributed by atoms with van der Waals surface area (Å²) >= 11 is 0. The molecule has 0 saturated carbocycles. The number of nitrogens with zero attached hydrogens (tertiary/aromatic N) is 2. The Morgan fingerprint density at radius 2 is 1.02 bits per heavy atom. The molecule has 0 spiro atoms. The van der Waals surface area contributed by atoms with E-state index in [9.17, 15) is 0 Å². The zero-order valence-corrected chi connectivity index (χ0v) is 34.9. The second kappa shape index (κ2) is 13.3. The summed E-state index contributed by atoms with van der Waals surface area (Å²) in [6, 6.07) is 73.4. The fourth-order valence-electron chi connectivity index (χ4n) is 11.0. The quantitative estimate of drug-likeness (QED) is 0.117. The molecule has 0 unspecified atom stereocenters. The number of hydrogen-bond acceptors (Lipinski definition) is 0. The van der Waals surface area contributed by atoms with Crippen molar-refractivity contribution in [2.75, 3.05) is 0 Å². The van der Waals surface area contributed by atoms with Crippen molar-refractivity contribution in [1.82, 2.24) is 9.13 Å². The summed E-state index contributed by atoms with van der Waals surface area (Å²) in [5, 5.41) is 9.40. The van der Waals surface area contributed by atoms with Gasteiger partial charge in [-0.25, -0.2) is 0 Å². The zero-order valence-electron chi connectivity index (χ0n) is 33.9. The fraction of sp³-hybridized carbons (Fsp3) is 0.0877. The molecular weight excluding hydrogens is 741 g/mol. The van der Waals surface area contributed by atoms with E-state index in [1.807, 2.05) is 0 Å². The van der Waals surface area contributed by atoms with Crippen molar-refractivity contribution < 1.29 is 0 Å². The molecule has 0 saturated heterocycles. The maximum atomic E-state index is 2.54. The maximum absolute atomic E-state index is 2.89. The summed E-state index contributed by atoms with van der Waals surface area (Å²) in [5.74, 6) is 0. The Labute approximate surface area is 352 Å². The molecule has 8 aromatic carbocycles. The van der Waals surface area contributed by atoms with Gasteiger partial charge in [0.2, 0.25) is 0 Å². The number of benzene rings is 8. The monoisotopic (exact) mass is 784 g/mol. The van der Waals surface area contributed by atoms with Crippen LogP contribution in [-0.2, 0) is 11.8 Å². The third-order valence-corrected chi connectivity index (χ3v) is 18.5. The van der Waals surface area contributed by atoms with E-state index < -0.39 is 8.07 Å². The van der Waals surface area contributed by atoms with Crippen LogP contribution in [0.2, 0.25) is 0 Å². The highest BCUT2D eigenvalue weighted by atomic mass is 28.3. The SMILES string of the molecule is CC1(C)c2ccccc2-c2cc3c(cc21)c1c(n3-c2ccc([Si](c3ccccc3)(c3ccccc3)c3ccc4c5ccccc5n(-c5ccccc5)c4c3)cc2)C=CCC1. The molecule has 2 heterocycles.